The second kappa shape index (κ2) is 5.16. The number of rotatable bonds is 2. The summed E-state index contributed by atoms with van der Waals surface area (Å²) < 4.78 is 0. The van der Waals surface area contributed by atoms with Crippen LogP contribution in [0.25, 0.3) is 0 Å². The largest absolute Gasteiger partial charge is 0.321 e. The predicted octanol–water partition coefficient (Wildman–Crippen LogP) is 3.79. The Morgan fingerprint density at radius 3 is 2.83 bits per heavy atom. The average Bonchev–Trinajstić information content (AvgIpc) is 2.84. The molecule has 1 aromatic carbocycles. The van der Waals surface area contributed by atoms with Crippen molar-refractivity contribution >= 4 is 34.7 Å². The van der Waals surface area contributed by atoms with Crippen LogP contribution in [0.1, 0.15) is 20.1 Å². The number of carbonyl (C=O) groups excluding carboxylic acids is 1. The molecule has 1 aliphatic heterocycles. The Labute approximate surface area is 114 Å². The van der Waals surface area contributed by atoms with Crippen LogP contribution in [0.15, 0.2) is 36.4 Å². The summed E-state index contributed by atoms with van der Waals surface area (Å²) in [4.78, 5) is 14.3. The molecule has 1 N–H and O–H groups in total. The van der Waals surface area contributed by atoms with E-state index in [0.29, 0.717) is 0 Å². The van der Waals surface area contributed by atoms with Crippen LogP contribution in [-0.4, -0.2) is 11.7 Å². The summed E-state index contributed by atoms with van der Waals surface area (Å²) in [5.41, 5.74) is 2.19. The van der Waals surface area contributed by atoms with Gasteiger partial charge in [-0.25, -0.2) is 0 Å². The first kappa shape index (κ1) is 11.8. The van der Waals surface area contributed by atoms with Gasteiger partial charge in [-0.2, -0.15) is 11.8 Å². The van der Waals surface area contributed by atoms with Crippen molar-refractivity contribution in [3.63, 3.8) is 0 Å². The lowest BCUT2D eigenvalue weighted by molar-refractivity contribution is 0.103. The van der Waals surface area contributed by atoms with Gasteiger partial charge in [-0.3, -0.25) is 4.79 Å². The van der Waals surface area contributed by atoms with Crippen molar-refractivity contribution in [3.05, 3.63) is 51.7 Å². The smallest absolute Gasteiger partial charge is 0.265 e. The van der Waals surface area contributed by atoms with E-state index in [0.717, 1.165) is 22.7 Å². The second-order valence-electron chi connectivity index (χ2n) is 4.18. The number of anilines is 1. The molecule has 2 aromatic rings. The highest BCUT2D eigenvalue weighted by Crippen LogP contribution is 2.31. The standard InChI is InChI=1S/C14H13NOS2/c16-14(15-11-4-2-1-3-5-11)13-8-10-9-17-7-6-12(10)18-13/h1-5,8H,6-7,9H2,(H,15,16). The van der Waals surface area contributed by atoms with E-state index in [2.05, 4.69) is 5.32 Å². The van der Waals surface area contributed by atoms with Crippen molar-refractivity contribution < 1.29 is 4.79 Å². The van der Waals surface area contributed by atoms with E-state index < -0.39 is 0 Å². The number of benzene rings is 1. The molecule has 0 aliphatic carbocycles. The molecule has 2 heterocycles. The highest BCUT2D eigenvalue weighted by atomic mass is 32.2. The summed E-state index contributed by atoms with van der Waals surface area (Å²) >= 11 is 3.58. The molecule has 1 amide bonds. The van der Waals surface area contributed by atoms with Gasteiger partial charge in [-0.1, -0.05) is 18.2 Å². The van der Waals surface area contributed by atoms with E-state index >= 15 is 0 Å². The Morgan fingerprint density at radius 2 is 2.06 bits per heavy atom. The maximum Gasteiger partial charge on any atom is 0.265 e. The molecule has 0 spiro atoms. The highest BCUT2D eigenvalue weighted by Gasteiger charge is 2.17. The predicted molar refractivity (Wildman–Crippen MR) is 78.6 cm³/mol. The third kappa shape index (κ3) is 2.44. The van der Waals surface area contributed by atoms with E-state index in [1.165, 1.54) is 16.2 Å². The SMILES string of the molecule is O=C(Nc1ccccc1)c1cc2c(s1)CCSC2. The minimum atomic E-state index is 0.00519. The molecule has 0 fully saturated rings. The molecule has 0 unspecified atom stereocenters. The average molecular weight is 275 g/mol. The van der Waals surface area contributed by atoms with Crippen LogP contribution in [-0.2, 0) is 12.2 Å². The number of hydrogen-bond donors (Lipinski definition) is 1. The Morgan fingerprint density at radius 1 is 1.22 bits per heavy atom. The van der Waals surface area contributed by atoms with E-state index in [9.17, 15) is 4.79 Å². The summed E-state index contributed by atoms with van der Waals surface area (Å²) in [5, 5.41) is 2.93. The van der Waals surface area contributed by atoms with E-state index in [1.54, 1.807) is 11.3 Å². The Balaban J connectivity index is 1.78. The zero-order chi connectivity index (χ0) is 12.4. The second-order valence-corrected chi connectivity index (χ2v) is 6.42. The monoisotopic (exact) mass is 275 g/mol. The van der Waals surface area contributed by atoms with E-state index in [-0.39, 0.29) is 5.91 Å². The molecule has 1 aromatic heterocycles. The van der Waals surface area contributed by atoms with E-state index in [4.69, 9.17) is 0 Å². The van der Waals surface area contributed by atoms with Crippen LogP contribution in [0.3, 0.4) is 0 Å². The summed E-state index contributed by atoms with van der Waals surface area (Å²) in [6.45, 7) is 0. The molecule has 0 radical (unpaired) electrons. The zero-order valence-electron chi connectivity index (χ0n) is 9.81. The van der Waals surface area contributed by atoms with Crippen LogP contribution >= 0.6 is 23.1 Å². The van der Waals surface area contributed by atoms with Gasteiger partial charge in [-0.05, 0) is 35.9 Å². The molecule has 0 bridgehead atoms. The normalized spacial score (nSPS) is 14.0. The molecule has 4 heteroatoms. The van der Waals surface area contributed by atoms with Crippen molar-refractivity contribution in [2.75, 3.05) is 11.1 Å². The van der Waals surface area contributed by atoms with Crippen molar-refractivity contribution in [1.82, 2.24) is 0 Å². The minimum Gasteiger partial charge on any atom is -0.321 e. The van der Waals surface area contributed by atoms with E-state index in [1.807, 2.05) is 48.2 Å². The third-order valence-corrected chi connectivity index (χ3v) is 5.13. The third-order valence-electron chi connectivity index (χ3n) is 2.88. The Kier molecular flexibility index (Phi) is 3.39. The maximum absolute atomic E-state index is 12.1. The molecule has 0 atom stereocenters. The molecular weight excluding hydrogens is 262 g/mol. The van der Waals surface area contributed by atoms with Gasteiger partial charge < -0.3 is 5.32 Å². The van der Waals surface area contributed by atoms with Gasteiger partial charge in [0.05, 0.1) is 4.88 Å². The van der Waals surface area contributed by atoms with Crippen molar-refractivity contribution in [2.45, 2.75) is 12.2 Å². The molecule has 92 valence electrons. The lowest BCUT2D eigenvalue weighted by atomic mass is 10.2. The van der Waals surface area contributed by atoms with Gasteiger partial charge in [0.15, 0.2) is 0 Å². The fourth-order valence-electron chi connectivity index (χ4n) is 1.97. The van der Waals surface area contributed by atoms with Gasteiger partial charge in [0.25, 0.3) is 5.91 Å². The Hall–Kier alpha value is -1.26. The van der Waals surface area contributed by atoms with Crippen LogP contribution in [0.4, 0.5) is 5.69 Å². The maximum atomic E-state index is 12.1. The molecule has 0 saturated carbocycles. The molecule has 18 heavy (non-hydrogen) atoms. The molecule has 3 rings (SSSR count). The summed E-state index contributed by atoms with van der Waals surface area (Å²) in [5.74, 6) is 2.23. The number of carbonyl (C=O) groups is 1. The first-order valence-electron chi connectivity index (χ1n) is 5.88. The number of nitrogens with one attached hydrogen (secondary N) is 1. The summed E-state index contributed by atoms with van der Waals surface area (Å²) in [7, 11) is 0. The molecule has 0 saturated heterocycles. The fourth-order valence-corrected chi connectivity index (χ4v) is 4.24. The van der Waals surface area contributed by atoms with Crippen LogP contribution in [0.2, 0.25) is 0 Å². The molecule has 2 nitrogen and oxygen atoms in total. The first-order valence-corrected chi connectivity index (χ1v) is 7.86. The van der Waals surface area contributed by atoms with Gasteiger partial charge in [0.1, 0.15) is 0 Å². The minimum absolute atomic E-state index is 0.00519. The van der Waals surface area contributed by atoms with Gasteiger partial charge >= 0.3 is 0 Å². The van der Waals surface area contributed by atoms with Crippen molar-refractivity contribution in [1.29, 1.82) is 0 Å². The number of aryl methyl sites for hydroxylation is 1. The number of thioether (sulfide) groups is 1. The van der Waals surface area contributed by atoms with Crippen molar-refractivity contribution in [2.24, 2.45) is 0 Å². The number of fused-ring (bicyclic) bond motifs is 1. The molecule has 1 aliphatic rings. The molecular formula is C14H13NOS2. The number of hydrogen-bond acceptors (Lipinski definition) is 3. The van der Waals surface area contributed by atoms with Crippen LogP contribution in [0.5, 0.6) is 0 Å². The summed E-state index contributed by atoms with van der Waals surface area (Å²) in [6.07, 6.45) is 1.10. The van der Waals surface area contributed by atoms with Gasteiger partial charge in [0.2, 0.25) is 0 Å². The van der Waals surface area contributed by atoms with Crippen LogP contribution in [0, 0.1) is 0 Å². The van der Waals surface area contributed by atoms with Gasteiger partial charge in [0, 0.05) is 16.3 Å². The summed E-state index contributed by atoms with van der Waals surface area (Å²) in [6, 6.07) is 11.6. The Bertz CT molecular complexity index is 539. The quantitative estimate of drug-likeness (QED) is 0.903. The number of thiophene rings is 1. The lowest BCUT2D eigenvalue weighted by Crippen LogP contribution is -2.09. The van der Waals surface area contributed by atoms with Crippen LogP contribution < -0.4 is 5.32 Å². The topological polar surface area (TPSA) is 29.1 Å². The lowest BCUT2D eigenvalue weighted by Gasteiger charge is -2.08. The zero-order valence-corrected chi connectivity index (χ0v) is 11.4. The highest BCUT2D eigenvalue weighted by molar-refractivity contribution is 7.98. The fraction of sp³-hybridized carbons (Fsp3) is 0.214. The number of amides is 1. The number of para-hydroxylation sites is 1. The van der Waals surface area contributed by atoms with Gasteiger partial charge in [-0.15, -0.1) is 11.3 Å². The first-order chi connectivity index (χ1) is 8.83. The van der Waals surface area contributed by atoms with Crippen molar-refractivity contribution in [3.8, 4) is 0 Å².